The summed E-state index contributed by atoms with van der Waals surface area (Å²) in [5, 5.41) is 0. The number of nitrogens with two attached hydrogens (primary N) is 1. The van der Waals surface area contributed by atoms with Crippen LogP contribution < -0.4 is 10.3 Å². The molecular formula is C18H26N7O4+. The van der Waals surface area contributed by atoms with Crippen molar-refractivity contribution < 1.29 is 23.7 Å². The fourth-order valence-corrected chi connectivity index (χ4v) is 4.14. The van der Waals surface area contributed by atoms with Crippen molar-refractivity contribution >= 4 is 29.6 Å². The number of hydrogen-bond acceptors (Lipinski definition) is 6. The summed E-state index contributed by atoms with van der Waals surface area (Å²) in [7, 11) is 1.56. The fraction of sp³-hybridized carbons (Fsp3) is 0.611. The second kappa shape index (κ2) is 7.23. The molecular weight excluding hydrogens is 378 g/mol. The minimum atomic E-state index is -0.768. The topological polar surface area (TPSA) is 117 Å². The van der Waals surface area contributed by atoms with E-state index in [1.807, 2.05) is 18.4 Å². The van der Waals surface area contributed by atoms with Gasteiger partial charge in [0.1, 0.15) is 17.9 Å². The molecule has 0 aromatic carbocycles. The lowest BCUT2D eigenvalue weighted by Gasteiger charge is -2.32. The van der Waals surface area contributed by atoms with Gasteiger partial charge in [0.05, 0.1) is 19.8 Å². The van der Waals surface area contributed by atoms with E-state index in [-0.39, 0.29) is 0 Å². The summed E-state index contributed by atoms with van der Waals surface area (Å²) < 4.78 is 9.34. The first-order chi connectivity index (χ1) is 13.8. The molecule has 4 rings (SSSR count). The summed E-state index contributed by atoms with van der Waals surface area (Å²) in [6, 6.07) is -1.36. The van der Waals surface area contributed by atoms with Gasteiger partial charge in [-0.15, -0.1) is 0 Å². The third-order valence-electron chi connectivity index (χ3n) is 5.88. The number of nitrogens with zero attached hydrogens (tertiary/aromatic N) is 6. The lowest BCUT2D eigenvalue weighted by molar-refractivity contribution is -0.688. The number of likely N-dealkylation sites (N-methyl/N-ethyl adjacent to an activating group) is 1. The average Bonchev–Trinajstić information content (AvgIpc) is 3.19. The zero-order valence-corrected chi connectivity index (χ0v) is 16.9. The number of ether oxygens (including phenoxy) is 1. The van der Waals surface area contributed by atoms with Crippen molar-refractivity contribution in [2.45, 2.75) is 26.4 Å². The quantitative estimate of drug-likeness (QED) is 0.612. The van der Waals surface area contributed by atoms with Crippen molar-refractivity contribution in [1.29, 1.82) is 0 Å². The van der Waals surface area contributed by atoms with Crippen molar-refractivity contribution in [2.24, 2.45) is 10.7 Å². The van der Waals surface area contributed by atoms with E-state index < -0.39 is 30.4 Å². The number of amides is 4. The van der Waals surface area contributed by atoms with Crippen LogP contribution in [0, 0.1) is 13.8 Å². The van der Waals surface area contributed by atoms with Crippen LogP contribution in [0.1, 0.15) is 17.4 Å². The van der Waals surface area contributed by atoms with Crippen molar-refractivity contribution in [1.82, 2.24) is 19.3 Å². The molecule has 4 heterocycles. The number of fused-ring (bicyclic) bond motifs is 3. The van der Waals surface area contributed by atoms with Gasteiger partial charge in [-0.2, -0.15) is 0 Å². The van der Waals surface area contributed by atoms with Crippen molar-refractivity contribution in [3.63, 3.8) is 0 Å². The monoisotopic (exact) mass is 404 g/mol. The van der Waals surface area contributed by atoms with E-state index in [2.05, 4.69) is 14.5 Å². The number of morpholine rings is 1. The highest BCUT2D eigenvalue weighted by molar-refractivity contribution is 6.21. The van der Waals surface area contributed by atoms with Gasteiger partial charge in [-0.05, 0) is 13.8 Å². The number of urea groups is 1. The highest BCUT2D eigenvalue weighted by Gasteiger charge is 2.54. The summed E-state index contributed by atoms with van der Waals surface area (Å²) in [5.41, 5.74) is 7.16. The Kier molecular flexibility index (Phi) is 4.87. The molecule has 3 aliphatic rings. The number of hydrogen-bond donors (Lipinski definition) is 1. The maximum atomic E-state index is 13.1. The van der Waals surface area contributed by atoms with Gasteiger partial charge in [0.15, 0.2) is 0 Å². The molecule has 0 bridgehead atoms. The molecule has 29 heavy (non-hydrogen) atoms. The second-order valence-corrected chi connectivity index (χ2v) is 7.55. The predicted molar refractivity (Wildman–Crippen MR) is 102 cm³/mol. The summed E-state index contributed by atoms with van der Waals surface area (Å²) >= 11 is 0. The molecule has 1 aromatic rings. The third kappa shape index (κ3) is 3.10. The van der Waals surface area contributed by atoms with Crippen LogP contribution in [-0.4, -0.2) is 89.4 Å². The Morgan fingerprint density at radius 3 is 2.62 bits per heavy atom. The van der Waals surface area contributed by atoms with Crippen molar-refractivity contribution in [3.8, 4) is 0 Å². The fourth-order valence-electron chi connectivity index (χ4n) is 4.14. The van der Waals surface area contributed by atoms with Gasteiger partial charge in [-0.25, -0.2) is 13.9 Å². The molecule has 2 fully saturated rings. The van der Waals surface area contributed by atoms with Crippen LogP contribution in [0.2, 0.25) is 0 Å². The molecule has 0 radical (unpaired) electrons. The van der Waals surface area contributed by atoms with Gasteiger partial charge in [0.2, 0.25) is 17.8 Å². The molecule has 1 aromatic heterocycles. The van der Waals surface area contributed by atoms with Crippen molar-refractivity contribution in [2.75, 3.05) is 46.4 Å². The molecule has 0 aliphatic carbocycles. The number of aromatic nitrogens is 2. The van der Waals surface area contributed by atoms with E-state index in [1.165, 1.54) is 4.90 Å². The zero-order valence-electron chi connectivity index (χ0n) is 16.9. The number of imide groups is 1. The summed E-state index contributed by atoms with van der Waals surface area (Å²) in [6.45, 7) is 8.30. The molecule has 11 nitrogen and oxygen atoms in total. The van der Waals surface area contributed by atoms with Gasteiger partial charge in [0, 0.05) is 26.7 Å². The Hall–Kier alpha value is -2.79. The Bertz CT molecular complexity index is 916. The van der Waals surface area contributed by atoms with Crippen LogP contribution >= 0.6 is 0 Å². The second-order valence-electron chi connectivity index (χ2n) is 7.55. The molecule has 1 unspecified atom stereocenters. The number of amidine groups is 1. The first kappa shape index (κ1) is 19.5. The highest BCUT2D eigenvalue weighted by Crippen LogP contribution is 2.35. The molecule has 1 atom stereocenters. The molecule has 3 aliphatic heterocycles. The molecule has 0 saturated carbocycles. The molecule has 4 amide bonds. The smallest absolute Gasteiger partial charge is 0.379 e. The van der Waals surface area contributed by atoms with E-state index in [1.54, 1.807) is 7.05 Å². The van der Waals surface area contributed by atoms with Crippen LogP contribution in [0.25, 0.3) is 0 Å². The van der Waals surface area contributed by atoms with Crippen LogP contribution in [0.3, 0.4) is 0 Å². The SMILES string of the molecule is Cc1c(C)[n+](CCN2CCOCC2)c2n1C1C(=O)N(CC(N)=O)C(=O)N(C)C1=N2. The van der Waals surface area contributed by atoms with Gasteiger partial charge in [-0.3, -0.25) is 24.3 Å². The van der Waals surface area contributed by atoms with E-state index in [9.17, 15) is 14.4 Å². The van der Waals surface area contributed by atoms with Gasteiger partial charge < -0.3 is 10.5 Å². The number of carbonyl (C=O) groups is 3. The predicted octanol–water partition coefficient (Wildman–Crippen LogP) is -1.31. The van der Waals surface area contributed by atoms with Crippen LogP contribution in [0.4, 0.5) is 10.7 Å². The summed E-state index contributed by atoms with van der Waals surface area (Å²) in [4.78, 5) is 46.2. The van der Waals surface area contributed by atoms with Crippen LogP contribution in [0.15, 0.2) is 4.99 Å². The lowest BCUT2D eigenvalue weighted by atomic mass is 10.1. The normalized spacial score (nSPS) is 22.0. The Labute approximate surface area is 168 Å². The van der Waals surface area contributed by atoms with E-state index in [0.717, 1.165) is 55.7 Å². The first-order valence-corrected chi connectivity index (χ1v) is 9.68. The van der Waals surface area contributed by atoms with Crippen LogP contribution in [0.5, 0.6) is 0 Å². The first-order valence-electron chi connectivity index (χ1n) is 9.68. The highest BCUT2D eigenvalue weighted by atomic mass is 16.5. The minimum absolute atomic E-state index is 0.374. The largest absolute Gasteiger partial charge is 0.402 e. The maximum absolute atomic E-state index is 13.1. The maximum Gasteiger partial charge on any atom is 0.402 e. The van der Waals surface area contributed by atoms with E-state index in [4.69, 9.17) is 10.5 Å². The number of primary amides is 1. The van der Waals surface area contributed by atoms with Gasteiger partial charge in [0.25, 0.3) is 5.91 Å². The number of imidazole rings is 1. The minimum Gasteiger partial charge on any atom is -0.379 e. The lowest BCUT2D eigenvalue weighted by Crippen LogP contribution is -2.59. The Morgan fingerprint density at radius 2 is 1.97 bits per heavy atom. The number of rotatable bonds is 5. The Morgan fingerprint density at radius 1 is 1.28 bits per heavy atom. The standard InChI is InChI=1S/C18H25N7O4/c1-11-12(2)25-14-15(21(3)18(28)24(16(14)27)10-13(19)26)20-17(25)23(11)5-4-22-6-8-29-9-7-22/h14H,4-10H2,1-3H3,(H-,19,26)/p+1. The van der Waals surface area contributed by atoms with E-state index >= 15 is 0 Å². The molecule has 156 valence electrons. The number of aliphatic imine (C=N–C) groups is 1. The average molecular weight is 404 g/mol. The molecule has 2 saturated heterocycles. The molecule has 11 heteroatoms. The Balaban J connectivity index is 1.67. The van der Waals surface area contributed by atoms with Crippen molar-refractivity contribution in [3.05, 3.63) is 11.4 Å². The van der Waals surface area contributed by atoms with Gasteiger partial charge >= 0.3 is 12.0 Å². The number of carbonyl (C=O) groups excluding carboxylic acids is 3. The van der Waals surface area contributed by atoms with Crippen LogP contribution in [-0.2, 0) is 20.9 Å². The summed E-state index contributed by atoms with van der Waals surface area (Å²) in [6.07, 6.45) is 0. The summed E-state index contributed by atoms with van der Waals surface area (Å²) in [5.74, 6) is -0.205. The van der Waals surface area contributed by atoms with Gasteiger partial charge in [-0.1, -0.05) is 4.99 Å². The molecule has 2 N–H and O–H groups in total. The zero-order chi connectivity index (χ0) is 20.9. The molecule has 0 spiro atoms. The third-order valence-corrected chi connectivity index (χ3v) is 5.88. The van der Waals surface area contributed by atoms with E-state index in [0.29, 0.717) is 11.8 Å².